The summed E-state index contributed by atoms with van der Waals surface area (Å²) in [6, 6.07) is 67.7. The highest BCUT2D eigenvalue weighted by Gasteiger charge is 2.17. The van der Waals surface area contributed by atoms with Crippen LogP contribution in [0, 0.1) is 0 Å². The molecule has 0 aliphatic rings. The lowest BCUT2D eigenvalue weighted by Crippen LogP contribution is -2.09. The minimum atomic E-state index is 0.620. The first-order valence-corrected chi connectivity index (χ1v) is 17.8. The van der Waals surface area contributed by atoms with E-state index in [1.807, 2.05) is 24.3 Å². The number of rotatable bonds is 7. The molecule has 0 saturated carbocycles. The number of anilines is 3. The Hall–Kier alpha value is -7.17. The monoisotopic (exact) mass is 680 g/mol. The lowest BCUT2D eigenvalue weighted by Gasteiger charge is -2.26. The number of para-hydroxylation sites is 2. The zero-order valence-electron chi connectivity index (χ0n) is 28.7. The molecule has 0 aliphatic carbocycles. The molecule has 0 amide bonds. The van der Waals surface area contributed by atoms with E-state index in [1.54, 1.807) is 0 Å². The normalized spacial score (nSPS) is 11.4. The predicted molar refractivity (Wildman–Crippen MR) is 218 cm³/mol. The van der Waals surface area contributed by atoms with Crippen molar-refractivity contribution < 1.29 is 8.83 Å². The summed E-state index contributed by atoms with van der Waals surface area (Å²) in [4.78, 5) is 6.97. The molecule has 4 heteroatoms. The van der Waals surface area contributed by atoms with Crippen molar-refractivity contribution in [2.24, 2.45) is 0 Å². The largest absolute Gasteiger partial charge is 0.456 e. The maximum atomic E-state index is 6.47. The molecular formula is C49H32N2O2. The van der Waals surface area contributed by atoms with Gasteiger partial charge in [0.25, 0.3) is 0 Å². The molecule has 0 radical (unpaired) electrons. The van der Waals surface area contributed by atoms with E-state index in [-0.39, 0.29) is 0 Å². The van der Waals surface area contributed by atoms with Gasteiger partial charge in [0, 0.05) is 33.4 Å². The second-order valence-corrected chi connectivity index (χ2v) is 13.2. The first-order valence-electron chi connectivity index (χ1n) is 17.8. The maximum absolute atomic E-state index is 6.47. The van der Waals surface area contributed by atoms with Gasteiger partial charge in [-0.3, -0.25) is 0 Å². The molecule has 10 aromatic rings. The fraction of sp³-hybridized carbons (Fsp3) is 0. The van der Waals surface area contributed by atoms with Crippen molar-refractivity contribution in [3.63, 3.8) is 0 Å². The molecule has 250 valence electrons. The van der Waals surface area contributed by atoms with Gasteiger partial charge < -0.3 is 13.7 Å². The van der Waals surface area contributed by atoms with Gasteiger partial charge in [0.05, 0.1) is 0 Å². The van der Waals surface area contributed by atoms with Gasteiger partial charge in [-0.1, -0.05) is 115 Å². The van der Waals surface area contributed by atoms with E-state index in [0.29, 0.717) is 5.89 Å². The van der Waals surface area contributed by atoms with E-state index >= 15 is 0 Å². The lowest BCUT2D eigenvalue weighted by molar-refractivity contribution is 0.620. The zero-order valence-corrected chi connectivity index (χ0v) is 28.7. The Morgan fingerprint density at radius 3 is 1.47 bits per heavy atom. The van der Waals surface area contributed by atoms with Gasteiger partial charge in [0.15, 0.2) is 5.58 Å². The van der Waals surface area contributed by atoms with E-state index in [2.05, 4.69) is 180 Å². The van der Waals surface area contributed by atoms with E-state index in [9.17, 15) is 0 Å². The number of aromatic nitrogens is 1. The van der Waals surface area contributed by atoms with E-state index < -0.39 is 0 Å². The van der Waals surface area contributed by atoms with E-state index in [4.69, 9.17) is 8.83 Å². The number of hydrogen-bond donors (Lipinski definition) is 0. The number of benzene rings is 8. The topological polar surface area (TPSA) is 42.4 Å². The fourth-order valence-corrected chi connectivity index (χ4v) is 7.20. The zero-order chi connectivity index (χ0) is 35.1. The summed E-state index contributed by atoms with van der Waals surface area (Å²) >= 11 is 0. The average Bonchev–Trinajstić information content (AvgIpc) is 3.84. The molecule has 10 rings (SSSR count). The van der Waals surface area contributed by atoms with Crippen molar-refractivity contribution in [1.82, 2.24) is 4.98 Å². The second kappa shape index (κ2) is 12.9. The Balaban J connectivity index is 1.01. The summed E-state index contributed by atoms with van der Waals surface area (Å²) in [5.74, 6) is 0.620. The Labute approximate surface area is 306 Å². The van der Waals surface area contributed by atoms with Crippen LogP contribution in [0.4, 0.5) is 17.1 Å². The number of nitrogens with zero attached hydrogens (tertiary/aromatic N) is 2. The molecule has 2 heterocycles. The predicted octanol–water partition coefficient (Wildman–Crippen LogP) is 13.9. The maximum Gasteiger partial charge on any atom is 0.227 e. The summed E-state index contributed by atoms with van der Waals surface area (Å²) in [5, 5.41) is 2.15. The van der Waals surface area contributed by atoms with Crippen molar-refractivity contribution in [2.45, 2.75) is 0 Å². The van der Waals surface area contributed by atoms with Crippen LogP contribution in [0.5, 0.6) is 0 Å². The molecule has 0 saturated heterocycles. The quantitative estimate of drug-likeness (QED) is 0.168. The molecule has 0 N–H and O–H groups in total. The minimum Gasteiger partial charge on any atom is -0.456 e. The van der Waals surface area contributed by atoms with Crippen molar-refractivity contribution in [2.75, 3.05) is 4.90 Å². The van der Waals surface area contributed by atoms with Crippen molar-refractivity contribution >= 4 is 50.1 Å². The minimum absolute atomic E-state index is 0.620. The van der Waals surface area contributed by atoms with Gasteiger partial charge in [0.1, 0.15) is 16.7 Å². The molecule has 4 nitrogen and oxygen atoms in total. The standard InChI is InChI=1S/C49H32N2O2/c1-3-9-33(10-4-1)35-19-24-40(25-20-35)51(41-26-21-36(22-27-41)34-11-5-2-6-12-34)42-28-30-46-44(32-42)43-29-23-39(31-48(43)52-46)37-15-17-38(18-16-37)49-50-45-13-7-8-14-47(45)53-49/h1-32H. The first-order chi connectivity index (χ1) is 26.2. The third-order valence-electron chi connectivity index (χ3n) is 9.94. The molecule has 0 spiro atoms. The summed E-state index contributed by atoms with van der Waals surface area (Å²) in [6.45, 7) is 0. The Morgan fingerprint density at radius 1 is 0.321 bits per heavy atom. The molecule has 0 atom stereocenters. The summed E-state index contributed by atoms with van der Waals surface area (Å²) in [7, 11) is 0. The molecule has 0 unspecified atom stereocenters. The van der Waals surface area contributed by atoms with Crippen LogP contribution in [0.1, 0.15) is 0 Å². The number of hydrogen-bond acceptors (Lipinski definition) is 4. The van der Waals surface area contributed by atoms with Crippen LogP contribution in [0.2, 0.25) is 0 Å². The number of oxazole rings is 1. The highest BCUT2D eigenvalue weighted by Crippen LogP contribution is 2.41. The summed E-state index contributed by atoms with van der Waals surface area (Å²) in [6.07, 6.45) is 0. The highest BCUT2D eigenvalue weighted by atomic mass is 16.3. The van der Waals surface area contributed by atoms with Crippen LogP contribution in [0.3, 0.4) is 0 Å². The molecule has 8 aromatic carbocycles. The molecule has 2 aromatic heterocycles. The number of furan rings is 1. The average molecular weight is 681 g/mol. The van der Waals surface area contributed by atoms with E-state index in [1.165, 1.54) is 22.3 Å². The van der Waals surface area contributed by atoms with Crippen molar-refractivity contribution in [3.8, 4) is 44.8 Å². The Kier molecular flexibility index (Phi) is 7.43. The second-order valence-electron chi connectivity index (χ2n) is 13.2. The SMILES string of the molecule is c1ccc(-c2ccc(N(c3ccc(-c4ccccc4)cc3)c3ccc4oc5cc(-c6ccc(-c7nc8ccccc8o7)cc6)ccc5c4c3)cc2)cc1. The van der Waals surface area contributed by atoms with Crippen LogP contribution < -0.4 is 4.90 Å². The van der Waals surface area contributed by atoms with Crippen LogP contribution in [-0.2, 0) is 0 Å². The van der Waals surface area contributed by atoms with Crippen LogP contribution in [-0.4, -0.2) is 4.98 Å². The molecule has 0 bridgehead atoms. The summed E-state index contributed by atoms with van der Waals surface area (Å²) in [5.41, 5.74) is 14.4. The Bertz CT molecular complexity index is 2740. The van der Waals surface area contributed by atoms with Gasteiger partial charge in [-0.25, -0.2) is 4.98 Å². The van der Waals surface area contributed by atoms with E-state index in [0.717, 1.165) is 66.8 Å². The van der Waals surface area contributed by atoms with Gasteiger partial charge in [-0.05, 0) is 112 Å². The first kappa shape index (κ1) is 30.6. The fourth-order valence-electron chi connectivity index (χ4n) is 7.20. The Morgan fingerprint density at radius 2 is 0.830 bits per heavy atom. The van der Waals surface area contributed by atoms with Crippen LogP contribution in [0.15, 0.2) is 203 Å². The van der Waals surface area contributed by atoms with Crippen molar-refractivity contribution in [1.29, 1.82) is 0 Å². The van der Waals surface area contributed by atoms with Gasteiger partial charge in [-0.2, -0.15) is 0 Å². The molecular weight excluding hydrogens is 649 g/mol. The lowest BCUT2D eigenvalue weighted by atomic mass is 10.0. The highest BCUT2D eigenvalue weighted by molar-refractivity contribution is 6.07. The van der Waals surface area contributed by atoms with Crippen molar-refractivity contribution in [3.05, 3.63) is 194 Å². The van der Waals surface area contributed by atoms with Gasteiger partial charge in [-0.15, -0.1) is 0 Å². The van der Waals surface area contributed by atoms with Crippen LogP contribution >= 0.6 is 0 Å². The third kappa shape index (κ3) is 5.73. The molecule has 53 heavy (non-hydrogen) atoms. The molecule has 0 aliphatic heterocycles. The van der Waals surface area contributed by atoms with Gasteiger partial charge in [0.2, 0.25) is 5.89 Å². The molecule has 0 fully saturated rings. The smallest absolute Gasteiger partial charge is 0.227 e. The third-order valence-corrected chi connectivity index (χ3v) is 9.94. The van der Waals surface area contributed by atoms with Gasteiger partial charge >= 0.3 is 0 Å². The summed E-state index contributed by atoms with van der Waals surface area (Å²) < 4.78 is 12.5. The number of fused-ring (bicyclic) bond motifs is 4. The van der Waals surface area contributed by atoms with Crippen LogP contribution in [0.25, 0.3) is 77.9 Å².